The Hall–Kier alpha value is -7.83. The van der Waals surface area contributed by atoms with Crippen LogP contribution in [-0.2, 0) is 0 Å². The number of hydrogen-bond donors (Lipinski definition) is 0. The van der Waals surface area contributed by atoms with Crippen LogP contribution in [0.3, 0.4) is 0 Å². The highest BCUT2D eigenvalue weighted by atomic mass is 16.3. The predicted octanol–water partition coefficient (Wildman–Crippen LogP) is 13.0. The van der Waals surface area contributed by atoms with Crippen molar-refractivity contribution in [2.45, 2.75) is 0 Å². The third-order valence-corrected chi connectivity index (χ3v) is 11.2. The second kappa shape index (κ2) is 12.3. The monoisotopic (exact) mass is 729 g/mol. The van der Waals surface area contributed by atoms with Crippen molar-refractivity contribution in [3.05, 3.63) is 188 Å². The average Bonchev–Trinajstić information content (AvgIpc) is 3.95. The fourth-order valence-corrected chi connectivity index (χ4v) is 8.57. The lowest BCUT2D eigenvalue weighted by molar-refractivity contribution is 0.671. The number of furan rings is 1. The molecule has 4 heterocycles. The number of benzene rings is 8. The molecule has 12 aromatic rings. The maximum Gasteiger partial charge on any atom is 0.164 e. The van der Waals surface area contributed by atoms with Crippen LogP contribution in [0.2, 0.25) is 0 Å². The van der Waals surface area contributed by atoms with E-state index in [-0.39, 0.29) is 0 Å². The summed E-state index contributed by atoms with van der Waals surface area (Å²) in [5, 5.41) is 6.97. The molecule has 8 aromatic carbocycles. The minimum Gasteiger partial charge on any atom is -0.454 e. The van der Waals surface area contributed by atoms with E-state index >= 15 is 0 Å². The summed E-state index contributed by atoms with van der Waals surface area (Å²) >= 11 is 0. The smallest absolute Gasteiger partial charge is 0.164 e. The minimum absolute atomic E-state index is 0.630. The predicted molar refractivity (Wildman–Crippen MR) is 232 cm³/mol. The lowest BCUT2D eigenvalue weighted by Gasteiger charge is -2.11. The molecule has 0 N–H and O–H groups in total. The highest BCUT2D eigenvalue weighted by Gasteiger charge is 2.21. The Labute approximate surface area is 326 Å². The lowest BCUT2D eigenvalue weighted by Crippen LogP contribution is -2.00. The molecule has 0 amide bonds. The first-order chi connectivity index (χ1) is 28.3. The lowest BCUT2D eigenvalue weighted by atomic mass is 10.1. The van der Waals surface area contributed by atoms with E-state index < -0.39 is 0 Å². The van der Waals surface area contributed by atoms with E-state index in [1.54, 1.807) is 0 Å². The van der Waals surface area contributed by atoms with Gasteiger partial charge in [0, 0.05) is 60.4 Å². The second-order valence-electron chi connectivity index (χ2n) is 14.4. The van der Waals surface area contributed by atoms with Crippen molar-refractivity contribution in [2.24, 2.45) is 0 Å². The molecule has 0 saturated carbocycles. The van der Waals surface area contributed by atoms with Crippen LogP contribution in [0.1, 0.15) is 0 Å². The fourth-order valence-electron chi connectivity index (χ4n) is 8.57. The first-order valence-electron chi connectivity index (χ1n) is 19.1. The van der Waals surface area contributed by atoms with Crippen LogP contribution in [0.25, 0.3) is 111 Å². The van der Waals surface area contributed by atoms with Crippen LogP contribution in [0.15, 0.2) is 192 Å². The SMILES string of the molecule is c1ccc(-c2nc(-c3ccccc3)nc(-c3ccc(-n4c5ccccc5c5cc(-n6c7ccccc7c7ccc8c9ccccc9oc8c76)ccc54)cc3)n2)cc1. The van der Waals surface area contributed by atoms with Crippen LogP contribution >= 0.6 is 0 Å². The number of para-hydroxylation sites is 3. The first-order valence-corrected chi connectivity index (χ1v) is 19.1. The summed E-state index contributed by atoms with van der Waals surface area (Å²) in [6.07, 6.45) is 0. The van der Waals surface area contributed by atoms with Crippen molar-refractivity contribution in [2.75, 3.05) is 0 Å². The van der Waals surface area contributed by atoms with Gasteiger partial charge in [-0.3, -0.25) is 0 Å². The van der Waals surface area contributed by atoms with Crippen molar-refractivity contribution >= 4 is 65.6 Å². The first kappa shape index (κ1) is 31.5. The molecule has 0 bridgehead atoms. The van der Waals surface area contributed by atoms with E-state index in [9.17, 15) is 0 Å². The summed E-state index contributed by atoms with van der Waals surface area (Å²) in [5.74, 6) is 1.92. The van der Waals surface area contributed by atoms with Crippen LogP contribution < -0.4 is 0 Å². The minimum atomic E-state index is 0.630. The van der Waals surface area contributed by atoms with Gasteiger partial charge in [-0.15, -0.1) is 0 Å². The number of hydrogen-bond acceptors (Lipinski definition) is 4. The fraction of sp³-hybridized carbons (Fsp3) is 0. The van der Waals surface area contributed by atoms with Crippen LogP contribution in [0.4, 0.5) is 0 Å². The third kappa shape index (κ3) is 4.87. The van der Waals surface area contributed by atoms with Gasteiger partial charge in [-0.05, 0) is 66.7 Å². The molecule has 0 atom stereocenters. The molecule has 0 aliphatic rings. The Morgan fingerprint density at radius 1 is 0.333 bits per heavy atom. The van der Waals surface area contributed by atoms with Gasteiger partial charge in [0.25, 0.3) is 0 Å². The van der Waals surface area contributed by atoms with Crippen molar-refractivity contribution < 1.29 is 4.42 Å². The Kier molecular flexibility index (Phi) is 6.83. The maximum atomic E-state index is 6.64. The number of rotatable bonds is 5. The third-order valence-electron chi connectivity index (χ3n) is 11.2. The van der Waals surface area contributed by atoms with E-state index in [0.29, 0.717) is 17.5 Å². The Morgan fingerprint density at radius 2 is 0.825 bits per heavy atom. The zero-order valence-electron chi connectivity index (χ0n) is 30.5. The van der Waals surface area contributed by atoms with E-state index in [0.717, 1.165) is 72.1 Å². The van der Waals surface area contributed by atoms with E-state index in [4.69, 9.17) is 19.4 Å². The van der Waals surface area contributed by atoms with Gasteiger partial charge in [0.2, 0.25) is 0 Å². The Bertz CT molecular complexity index is 3450. The zero-order valence-corrected chi connectivity index (χ0v) is 30.5. The molecule has 57 heavy (non-hydrogen) atoms. The van der Waals surface area contributed by atoms with Gasteiger partial charge < -0.3 is 13.6 Å². The van der Waals surface area contributed by atoms with Crippen molar-refractivity contribution in [3.63, 3.8) is 0 Å². The van der Waals surface area contributed by atoms with Gasteiger partial charge >= 0.3 is 0 Å². The summed E-state index contributed by atoms with van der Waals surface area (Å²) < 4.78 is 11.4. The molecule has 0 aliphatic heterocycles. The zero-order chi connectivity index (χ0) is 37.5. The molecule has 0 unspecified atom stereocenters. The van der Waals surface area contributed by atoms with Crippen LogP contribution in [0.5, 0.6) is 0 Å². The van der Waals surface area contributed by atoms with Gasteiger partial charge in [-0.1, -0.05) is 121 Å². The van der Waals surface area contributed by atoms with Crippen LogP contribution in [0, 0.1) is 0 Å². The van der Waals surface area contributed by atoms with E-state index in [1.807, 2.05) is 66.7 Å². The average molecular weight is 730 g/mol. The Morgan fingerprint density at radius 3 is 1.49 bits per heavy atom. The molecule has 6 nitrogen and oxygen atoms in total. The molecule has 0 aliphatic carbocycles. The topological polar surface area (TPSA) is 61.7 Å². The molecule has 4 aromatic heterocycles. The molecule has 0 fully saturated rings. The quantitative estimate of drug-likeness (QED) is 0.177. The highest BCUT2D eigenvalue weighted by molar-refractivity contribution is 6.21. The molecule has 0 saturated heterocycles. The highest BCUT2D eigenvalue weighted by Crippen LogP contribution is 2.41. The summed E-state index contributed by atoms with van der Waals surface area (Å²) in [6, 6.07) is 65.6. The van der Waals surface area contributed by atoms with E-state index in [1.165, 1.54) is 21.5 Å². The molecule has 6 heteroatoms. The molecule has 266 valence electrons. The number of nitrogens with zero attached hydrogens (tertiary/aromatic N) is 5. The van der Waals surface area contributed by atoms with Gasteiger partial charge in [0.1, 0.15) is 5.58 Å². The Balaban J connectivity index is 1.02. The number of aromatic nitrogens is 5. The molecule has 0 radical (unpaired) electrons. The summed E-state index contributed by atoms with van der Waals surface area (Å²) in [6.45, 7) is 0. The normalized spacial score (nSPS) is 11.9. The summed E-state index contributed by atoms with van der Waals surface area (Å²) in [7, 11) is 0. The maximum absolute atomic E-state index is 6.64. The summed E-state index contributed by atoms with van der Waals surface area (Å²) in [5.41, 5.74) is 11.2. The number of fused-ring (bicyclic) bond motifs is 10. The molecular weight excluding hydrogens is 699 g/mol. The molecular formula is C51H31N5O. The van der Waals surface area contributed by atoms with Crippen LogP contribution in [-0.4, -0.2) is 24.1 Å². The van der Waals surface area contributed by atoms with Gasteiger partial charge in [-0.25, -0.2) is 15.0 Å². The van der Waals surface area contributed by atoms with E-state index in [2.05, 4.69) is 130 Å². The largest absolute Gasteiger partial charge is 0.454 e. The van der Waals surface area contributed by atoms with Crippen molar-refractivity contribution in [3.8, 4) is 45.5 Å². The second-order valence-corrected chi connectivity index (χ2v) is 14.4. The van der Waals surface area contributed by atoms with Gasteiger partial charge in [-0.2, -0.15) is 0 Å². The van der Waals surface area contributed by atoms with Gasteiger partial charge in [0.15, 0.2) is 23.1 Å². The summed E-state index contributed by atoms with van der Waals surface area (Å²) in [4.78, 5) is 14.8. The van der Waals surface area contributed by atoms with Gasteiger partial charge in [0.05, 0.1) is 22.1 Å². The van der Waals surface area contributed by atoms with Crippen molar-refractivity contribution in [1.29, 1.82) is 0 Å². The van der Waals surface area contributed by atoms with Crippen molar-refractivity contribution in [1.82, 2.24) is 24.1 Å². The molecule has 12 rings (SSSR count). The standard InChI is InChI=1S/C51H31N5O/c1-3-13-32(14-4-1)49-52-50(33-15-5-2-6-16-33)54-51(53-49)34-23-25-35(26-24-34)55-43-20-10-8-18-38(43)42-31-36(27-30-45(42)55)56-44-21-11-7-17-37(44)40-28-29-41-39-19-9-12-22-46(39)57-48(41)47(40)56/h1-31H. The molecule has 0 spiro atoms.